The summed E-state index contributed by atoms with van der Waals surface area (Å²) in [5.74, 6) is -0.851. The first kappa shape index (κ1) is 19.1. The minimum absolute atomic E-state index is 0.0835. The first-order chi connectivity index (χ1) is 12.8. The molecule has 1 fully saturated rings. The normalized spacial score (nSPS) is 18.7. The molecule has 1 aliphatic rings. The molecule has 1 N–H and O–H groups in total. The van der Waals surface area contributed by atoms with Crippen molar-refractivity contribution in [3.63, 3.8) is 0 Å². The Balaban J connectivity index is 1.78. The number of aryl methyl sites for hydroxylation is 2. The molecule has 0 spiro atoms. The molecule has 0 saturated carbocycles. The predicted molar refractivity (Wildman–Crippen MR) is 107 cm³/mol. The summed E-state index contributed by atoms with van der Waals surface area (Å²) in [5.41, 5.74) is 3.49. The van der Waals surface area contributed by atoms with Gasteiger partial charge in [-0.15, -0.1) is 0 Å². The number of thioether (sulfide) groups is 1. The first-order valence-electron chi connectivity index (χ1n) is 8.49. The van der Waals surface area contributed by atoms with Crippen molar-refractivity contribution < 1.29 is 14.0 Å². The molecule has 140 valence electrons. The summed E-state index contributed by atoms with van der Waals surface area (Å²) >= 11 is 1.25. The Hall–Kier alpha value is -2.67. The smallest absolute Gasteiger partial charge is 0.238 e. The van der Waals surface area contributed by atoms with Crippen molar-refractivity contribution >= 4 is 40.1 Å². The molecule has 27 heavy (non-hydrogen) atoms. The molecule has 5 nitrogen and oxygen atoms in total. The minimum Gasteiger partial charge on any atom is -0.325 e. The zero-order chi connectivity index (χ0) is 19.6. The number of benzene rings is 2. The lowest BCUT2D eigenvalue weighted by Gasteiger charge is -2.28. The van der Waals surface area contributed by atoms with E-state index >= 15 is 0 Å². The Bertz CT molecular complexity index is 912. The fourth-order valence-electron chi connectivity index (χ4n) is 2.56. The fraction of sp³-hybridized carbons (Fsp3) is 0.250. The molecule has 1 heterocycles. The van der Waals surface area contributed by atoms with Crippen LogP contribution in [0.4, 0.5) is 15.8 Å². The van der Waals surface area contributed by atoms with Crippen LogP contribution in [0.1, 0.15) is 17.5 Å². The van der Waals surface area contributed by atoms with Gasteiger partial charge in [0.2, 0.25) is 11.8 Å². The largest absolute Gasteiger partial charge is 0.325 e. The van der Waals surface area contributed by atoms with Gasteiger partial charge < -0.3 is 5.32 Å². The lowest BCUT2D eigenvalue weighted by Crippen LogP contribution is -2.43. The highest BCUT2D eigenvalue weighted by Crippen LogP contribution is 2.29. The Morgan fingerprint density at radius 3 is 2.56 bits per heavy atom. The van der Waals surface area contributed by atoms with Gasteiger partial charge in [0.25, 0.3) is 0 Å². The van der Waals surface area contributed by atoms with E-state index in [1.165, 1.54) is 40.9 Å². The van der Waals surface area contributed by atoms with Crippen LogP contribution in [-0.2, 0) is 9.59 Å². The molecule has 0 aromatic heterocycles. The molecule has 3 rings (SSSR count). The summed E-state index contributed by atoms with van der Waals surface area (Å²) < 4.78 is 13.0. The third-order valence-electron chi connectivity index (χ3n) is 4.39. The van der Waals surface area contributed by atoms with E-state index in [4.69, 9.17) is 0 Å². The van der Waals surface area contributed by atoms with Gasteiger partial charge >= 0.3 is 0 Å². The maximum absolute atomic E-state index is 13.0. The van der Waals surface area contributed by atoms with E-state index in [2.05, 4.69) is 10.3 Å². The van der Waals surface area contributed by atoms with Crippen LogP contribution in [0.5, 0.6) is 0 Å². The fourth-order valence-corrected chi connectivity index (χ4v) is 3.62. The standard InChI is InChI=1S/C20H20FN3O2S/c1-12-4-7-16(10-13(12)2)23-20-24(3)18(25)11-17(27-20)19(26)22-15-8-5-14(21)6-9-15/h4-10,17H,11H2,1-3H3,(H,22,26)/t17-/m0/s1. The summed E-state index contributed by atoms with van der Waals surface area (Å²) in [7, 11) is 1.66. The van der Waals surface area contributed by atoms with Crippen molar-refractivity contribution in [2.45, 2.75) is 25.5 Å². The summed E-state index contributed by atoms with van der Waals surface area (Å²) in [4.78, 5) is 30.9. The van der Waals surface area contributed by atoms with E-state index in [0.717, 1.165) is 16.8 Å². The van der Waals surface area contributed by atoms with Gasteiger partial charge in [-0.3, -0.25) is 14.5 Å². The Labute approximate surface area is 161 Å². The van der Waals surface area contributed by atoms with Gasteiger partial charge in [-0.1, -0.05) is 17.8 Å². The third-order valence-corrected chi connectivity index (χ3v) is 5.63. The molecule has 0 aliphatic carbocycles. The van der Waals surface area contributed by atoms with Crippen LogP contribution in [-0.4, -0.2) is 34.2 Å². The summed E-state index contributed by atoms with van der Waals surface area (Å²) in [5, 5.41) is 2.61. The molecule has 2 aromatic carbocycles. The van der Waals surface area contributed by atoms with Crippen molar-refractivity contribution in [2.24, 2.45) is 4.99 Å². The summed E-state index contributed by atoms with van der Waals surface area (Å²) in [6.07, 6.45) is 0.0835. The van der Waals surface area contributed by atoms with Crippen LogP contribution in [0.2, 0.25) is 0 Å². The number of carbonyl (C=O) groups excluding carboxylic acids is 2. The average Bonchev–Trinajstić information content (AvgIpc) is 2.63. The predicted octanol–water partition coefficient (Wildman–Crippen LogP) is 4.03. The van der Waals surface area contributed by atoms with Crippen molar-refractivity contribution in [2.75, 3.05) is 12.4 Å². The van der Waals surface area contributed by atoms with Gasteiger partial charge in [0.05, 0.1) is 5.69 Å². The third kappa shape index (κ3) is 4.54. The van der Waals surface area contributed by atoms with Crippen LogP contribution < -0.4 is 5.32 Å². The second kappa shape index (κ2) is 7.92. The van der Waals surface area contributed by atoms with Crippen molar-refractivity contribution in [3.05, 3.63) is 59.4 Å². The van der Waals surface area contributed by atoms with Crippen LogP contribution in [0.25, 0.3) is 0 Å². The van der Waals surface area contributed by atoms with Crippen molar-refractivity contribution in [3.8, 4) is 0 Å². The number of amidine groups is 1. The highest BCUT2D eigenvalue weighted by Gasteiger charge is 2.34. The number of hydrogen-bond acceptors (Lipinski definition) is 4. The quantitative estimate of drug-likeness (QED) is 0.868. The van der Waals surface area contributed by atoms with Gasteiger partial charge in [0, 0.05) is 19.2 Å². The number of nitrogens with zero attached hydrogens (tertiary/aromatic N) is 2. The second-order valence-corrected chi connectivity index (χ2v) is 7.59. The topological polar surface area (TPSA) is 61.8 Å². The molecule has 0 unspecified atom stereocenters. The molecule has 0 radical (unpaired) electrons. The van der Waals surface area contributed by atoms with Gasteiger partial charge in [0.1, 0.15) is 11.1 Å². The maximum Gasteiger partial charge on any atom is 0.238 e. The van der Waals surface area contributed by atoms with E-state index in [-0.39, 0.29) is 24.1 Å². The zero-order valence-corrected chi connectivity index (χ0v) is 16.1. The van der Waals surface area contributed by atoms with Gasteiger partial charge in [-0.2, -0.15) is 0 Å². The lowest BCUT2D eigenvalue weighted by atomic mass is 10.1. The molecule has 2 aromatic rings. The molecule has 1 atom stereocenters. The lowest BCUT2D eigenvalue weighted by molar-refractivity contribution is -0.128. The molecule has 2 amide bonds. The van der Waals surface area contributed by atoms with E-state index < -0.39 is 5.25 Å². The zero-order valence-electron chi connectivity index (χ0n) is 15.3. The number of hydrogen-bond donors (Lipinski definition) is 1. The number of amides is 2. The van der Waals surface area contributed by atoms with Crippen molar-refractivity contribution in [1.82, 2.24) is 4.90 Å². The number of anilines is 1. The summed E-state index contributed by atoms with van der Waals surface area (Å²) in [6, 6.07) is 11.3. The van der Waals surface area contributed by atoms with Gasteiger partial charge in [0.15, 0.2) is 5.17 Å². The van der Waals surface area contributed by atoms with Gasteiger partial charge in [-0.05, 0) is 61.4 Å². The number of carbonyl (C=O) groups is 2. The average molecular weight is 385 g/mol. The molecule has 0 bridgehead atoms. The SMILES string of the molecule is Cc1ccc(N=C2S[C@H](C(=O)Nc3ccc(F)cc3)CC(=O)N2C)cc1C. The van der Waals surface area contributed by atoms with Gasteiger partial charge in [-0.25, -0.2) is 9.38 Å². The number of nitrogens with one attached hydrogen (secondary N) is 1. The minimum atomic E-state index is -0.593. The Kier molecular flexibility index (Phi) is 5.60. The van der Waals surface area contributed by atoms with Crippen LogP contribution in [0.3, 0.4) is 0 Å². The van der Waals surface area contributed by atoms with Crippen LogP contribution >= 0.6 is 11.8 Å². The van der Waals surface area contributed by atoms with Crippen LogP contribution in [0.15, 0.2) is 47.5 Å². The number of halogens is 1. The molecule has 1 saturated heterocycles. The number of aliphatic imine (C=N–C) groups is 1. The number of rotatable bonds is 3. The Morgan fingerprint density at radius 1 is 1.19 bits per heavy atom. The highest BCUT2D eigenvalue weighted by atomic mass is 32.2. The van der Waals surface area contributed by atoms with Crippen LogP contribution in [0, 0.1) is 19.7 Å². The second-order valence-electron chi connectivity index (χ2n) is 6.42. The molecular formula is C20H20FN3O2S. The van der Waals surface area contributed by atoms with E-state index in [1.807, 2.05) is 32.0 Å². The monoisotopic (exact) mass is 385 g/mol. The van der Waals surface area contributed by atoms with Crippen molar-refractivity contribution in [1.29, 1.82) is 0 Å². The van der Waals surface area contributed by atoms with E-state index in [0.29, 0.717) is 10.9 Å². The maximum atomic E-state index is 13.0. The molecular weight excluding hydrogens is 365 g/mol. The first-order valence-corrected chi connectivity index (χ1v) is 9.37. The summed E-state index contributed by atoms with van der Waals surface area (Å²) in [6.45, 7) is 4.02. The molecule has 7 heteroatoms. The van der Waals surface area contributed by atoms with E-state index in [9.17, 15) is 14.0 Å². The highest BCUT2D eigenvalue weighted by molar-refractivity contribution is 8.15. The molecule has 1 aliphatic heterocycles. The van der Waals surface area contributed by atoms with E-state index in [1.54, 1.807) is 7.05 Å². The Morgan fingerprint density at radius 2 is 1.89 bits per heavy atom.